The highest BCUT2D eigenvalue weighted by Crippen LogP contribution is 2.08. The van der Waals surface area contributed by atoms with E-state index in [1.807, 2.05) is 6.07 Å². The van der Waals surface area contributed by atoms with Crippen LogP contribution in [0, 0.1) is 0 Å². The van der Waals surface area contributed by atoms with Crippen LogP contribution in [0.3, 0.4) is 0 Å². The zero-order chi connectivity index (χ0) is 14.5. The van der Waals surface area contributed by atoms with Gasteiger partial charge in [0.2, 0.25) is 0 Å². The minimum Gasteiger partial charge on any atom is -0.467 e. The first-order valence-electron chi connectivity index (χ1n) is 5.87. The quantitative estimate of drug-likeness (QED) is 0.755. The summed E-state index contributed by atoms with van der Waals surface area (Å²) in [6, 6.07) is 7.14. The third kappa shape index (κ3) is 3.07. The molecule has 0 fully saturated rings. The number of para-hydroxylation sites is 2. The summed E-state index contributed by atoms with van der Waals surface area (Å²) in [5.41, 5.74) is 1.38. The zero-order valence-corrected chi connectivity index (χ0v) is 10.7. The second-order valence-corrected chi connectivity index (χ2v) is 3.99. The van der Waals surface area contributed by atoms with Gasteiger partial charge in [-0.15, -0.1) is 0 Å². The van der Waals surface area contributed by atoms with Crippen LogP contribution in [-0.4, -0.2) is 46.7 Å². The van der Waals surface area contributed by atoms with Crippen molar-refractivity contribution in [1.82, 2.24) is 15.3 Å². The number of esters is 1. The highest BCUT2D eigenvalue weighted by Gasteiger charge is 2.17. The number of hydrogen-bond donors (Lipinski definition) is 2. The maximum Gasteiger partial charge on any atom is 0.336 e. The number of hydrogen-bond acceptors (Lipinski definition) is 6. The van der Waals surface area contributed by atoms with Gasteiger partial charge in [-0.05, 0) is 12.1 Å². The summed E-state index contributed by atoms with van der Waals surface area (Å²) >= 11 is 0. The van der Waals surface area contributed by atoms with Gasteiger partial charge in [0.15, 0.2) is 6.10 Å². The Labute approximate surface area is 114 Å². The Balaban J connectivity index is 2.06. The fourth-order valence-corrected chi connectivity index (χ4v) is 1.57. The van der Waals surface area contributed by atoms with Gasteiger partial charge in [-0.3, -0.25) is 9.78 Å². The van der Waals surface area contributed by atoms with E-state index in [0.29, 0.717) is 11.0 Å². The predicted octanol–water partition coefficient (Wildman–Crippen LogP) is -0.107. The molecular formula is C13H13N3O4. The molecule has 0 radical (unpaired) electrons. The third-order valence-corrected chi connectivity index (χ3v) is 2.61. The molecule has 0 saturated heterocycles. The molecule has 0 spiro atoms. The van der Waals surface area contributed by atoms with Gasteiger partial charge in [0, 0.05) is 0 Å². The van der Waals surface area contributed by atoms with E-state index in [9.17, 15) is 14.7 Å². The standard InChI is InChI=1S/C13H13N3O4/c1-20-13(19)11(17)7-15-12(18)10-6-14-8-4-2-3-5-9(8)16-10/h2-6,11,17H,7H2,1H3,(H,15,18). The Kier molecular flexibility index (Phi) is 4.21. The van der Waals surface area contributed by atoms with Crippen LogP contribution in [-0.2, 0) is 9.53 Å². The monoisotopic (exact) mass is 275 g/mol. The van der Waals surface area contributed by atoms with E-state index >= 15 is 0 Å². The van der Waals surface area contributed by atoms with Gasteiger partial charge in [-0.25, -0.2) is 9.78 Å². The van der Waals surface area contributed by atoms with E-state index in [1.54, 1.807) is 18.2 Å². The van der Waals surface area contributed by atoms with Gasteiger partial charge in [0.25, 0.3) is 5.91 Å². The number of aromatic nitrogens is 2. The molecule has 0 aliphatic heterocycles. The number of amides is 1. The van der Waals surface area contributed by atoms with E-state index < -0.39 is 18.0 Å². The molecule has 1 aromatic carbocycles. The molecule has 104 valence electrons. The molecule has 2 N–H and O–H groups in total. The molecule has 1 aromatic heterocycles. The van der Waals surface area contributed by atoms with Crippen LogP contribution in [0.25, 0.3) is 11.0 Å². The van der Waals surface area contributed by atoms with Crippen molar-refractivity contribution in [2.45, 2.75) is 6.10 Å². The van der Waals surface area contributed by atoms with Crippen LogP contribution < -0.4 is 5.32 Å². The average Bonchev–Trinajstić information content (AvgIpc) is 2.50. The summed E-state index contributed by atoms with van der Waals surface area (Å²) in [4.78, 5) is 31.1. The number of carbonyl (C=O) groups excluding carboxylic acids is 2. The average molecular weight is 275 g/mol. The first-order valence-corrected chi connectivity index (χ1v) is 5.87. The summed E-state index contributed by atoms with van der Waals surface area (Å²) in [6.07, 6.45) is -0.0697. The van der Waals surface area contributed by atoms with E-state index in [-0.39, 0.29) is 12.2 Å². The molecule has 0 aliphatic carbocycles. The largest absolute Gasteiger partial charge is 0.467 e. The molecule has 0 aliphatic rings. The van der Waals surface area contributed by atoms with E-state index in [2.05, 4.69) is 20.0 Å². The molecule has 0 bridgehead atoms. The topological polar surface area (TPSA) is 101 Å². The van der Waals surface area contributed by atoms with Crippen molar-refractivity contribution in [3.05, 3.63) is 36.2 Å². The number of nitrogens with one attached hydrogen (secondary N) is 1. The number of nitrogens with zero attached hydrogens (tertiary/aromatic N) is 2. The molecule has 2 rings (SSSR count). The maximum absolute atomic E-state index is 11.8. The van der Waals surface area contributed by atoms with Crippen molar-refractivity contribution in [1.29, 1.82) is 0 Å². The predicted molar refractivity (Wildman–Crippen MR) is 69.9 cm³/mol. The molecule has 0 saturated carbocycles. The fourth-order valence-electron chi connectivity index (χ4n) is 1.57. The molecule has 1 atom stereocenters. The van der Waals surface area contributed by atoms with Gasteiger partial charge in [0.1, 0.15) is 5.69 Å². The first kappa shape index (κ1) is 13.9. The number of fused-ring (bicyclic) bond motifs is 1. The van der Waals surface area contributed by atoms with Crippen LogP contribution in [0.5, 0.6) is 0 Å². The molecular weight excluding hydrogens is 262 g/mol. The minimum absolute atomic E-state index is 0.112. The minimum atomic E-state index is -1.41. The fraction of sp³-hybridized carbons (Fsp3) is 0.231. The lowest BCUT2D eigenvalue weighted by Gasteiger charge is -2.09. The number of aliphatic hydroxyl groups is 1. The lowest BCUT2D eigenvalue weighted by molar-refractivity contribution is -0.149. The Morgan fingerprint density at radius 1 is 1.35 bits per heavy atom. The van der Waals surface area contributed by atoms with Crippen LogP contribution in [0.4, 0.5) is 0 Å². The summed E-state index contributed by atoms with van der Waals surface area (Å²) in [5.74, 6) is -1.33. The normalized spacial score (nSPS) is 11.9. The molecule has 7 nitrogen and oxygen atoms in total. The van der Waals surface area contributed by atoms with Crippen molar-refractivity contribution in [2.24, 2.45) is 0 Å². The SMILES string of the molecule is COC(=O)C(O)CNC(=O)c1cnc2ccccc2n1. The number of rotatable bonds is 4. The summed E-state index contributed by atoms with van der Waals surface area (Å²) in [5, 5.41) is 11.7. The van der Waals surface area contributed by atoms with Gasteiger partial charge in [-0.1, -0.05) is 12.1 Å². The van der Waals surface area contributed by atoms with Crippen LogP contribution in [0.15, 0.2) is 30.5 Å². The van der Waals surface area contributed by atoms with Crippen molar-refractivity contribution < 1.29 is 19.4 Å². The lowest BCUT2D eigenvalue weighted by Crippen LogP contribution is -2.37. The van der Waals surface area contributed by atoms with Gasteiger partial charge in [-0.2, -0.15) is 0 Å². The summed E-state index contributed by atoms with van der Waals surface area (Å²) < 4.78 is 4.34. The molecule has 1 amide bonds. The smallest absolute Gasteiger partial charge is 0.336 e. The molecule has 1 heterocycles. The van der Waals surface area contributed by atoms with Crippen molar-refractivity contribution >= 4 is 22.9 Å². The van der Waals surface area contributed by atoms with Crippen molar-refractivity contribution in [3.8, 4) is 0 Å². The summed E-state index contributed by atoms with van der Waals surface area (Å²) in [7, 11) is 1.15. The second-order valence-electron chi connectivity index (χ2n) is 3.99. The molecule has 2 aromatic rings. The van der Waals surface area contributed by atoms with E-state index in [4.69, 9.17) is 0 Å². The van der Waals surface area contributed by atoms with E-state index in [0.717, 1.165) is 7.11 Å². The Bertz CT molecular complexity index is 644. The van der Waals surface area contributed by atoms with Crippen molar-refractivity contribution in [2.75, 3.05) is 13.7 Å². The zero-order valence-electron chi connectivity index (χ0n) is 10.7. The van der Waals surface area contributed by atoms with Crippen LogP contribution >= 0.6 is 0 Å². The van der Waals surface area contributed by atoms with E-state index in [1.165, 1.54) is 6.20 Å². The van der Waals surface area contributed by atoms with Crippen LogP contribution in [0.2, 0.25) is 0 Å². The first-order chi connectivity index (χ1) is 9.61. The van der Waals surface area contributed by atoms with Crippen molar-refractivity contribution in [3.63, 3.8) is 0 Å². The number of aliphatic hydroxyl groups excluding tert-OH is 1. The Hall–Kier alpha value is -2.54. The number of carbonyl (C=O) groups is 2. The third-order valence-electron chi connectivity index (χ3n) is 2.61. The van der Waals surface area contributed by atoms with Gasteiger partial charge >= 0.3 is 5.97 Å². The number of benzene rings is 1. The maximum atomic E-state index is 11.8. The highest BCUT2D eigenvalue weighted by atomic mass is 16.5. The van der Waals surface area contributed by atoms with Gasteiger partial charge in [0.05, 0.1) is 30.9 Å². The molecule has 7 heteroatoms. The highest BCUT2D eigenvalue weighted by molar-refractivity contribution is 5.94. The Morgan fingerprint density at radius 3 is 2.75 bits per heavy atom. The second kappa shape index (κ2) is 6.07. The molecule has 1 unspecified atom stereocenters. The Morgan fingerprint density at radius 2 is 2.05 bits per heavy atom. The van der Waals surface area contributed by atoms with Crippen LogP contribution in [0.1, 0.15) is 10.5 Å². The number of methoxy groups -OCH3 is 1. The molecule has 20 heavy (non-hydrogen) atoms. The lowest BCUT2D eigenvalue weighted by atomic mass is 10.3. The van der Waals surface area contributed by atoms with Gasteiger partial charge < -0.3 is 15.2 Å². The summed E-state index contributed by atoms with van der Waals surface area (Å²) in [6.45, 7) is -0.250. The number of ether oxygens (including phenoxy) is 1.